The second-order valence-electron chi connectivity index (χ2n) is 3.52. The smallest absolute Gasteiger partial charge is 0.252 e. The van der Waals surface area contributed by atoms with E-state index in [0.717, 1.165) is 12.1 Å². The number of primary amides is 1. The molecule has 0 radical (unpaired) electrons. The molecule has 1 aromatic carbocycles. The minimum Gasteiger partial charge on any atom is -0.365 e. The van der Waals surface area contributed by atoms with Crippen LogP contribution in [-0.4, -0.2) is 15.7 Å². The van der Waals surface area contributed by atoms with Gasteiger partial charge in [0.05, 0.1) is 17.5 Å². The molecule has 6 heteroatoms. The van der Waals surface area contributed by atoms with E-state index < -0.39 is 17.5 Å². The van der Waals surface area contributed by atoms with Gasteiger partial charge in [-0.3, -0.25) is 4.79 Å². The predicted molar refractivity (Wildman–Crippen MR) is 56.7 cm³/mol. The van der Waals surface area contributed by atoms with Crippen LogP contribution in [0.2, 0.25) is 0 Å². The van der Waals surface area contributed by atoms with Crippen molar-refractivity contribution in [2.75, 3.05) is 0 Å². The van der Waals surface area contributed by atoms with E-state index in [1.54, 1.807) is 6.92 Å². The monoisotopic (exact) mass is 237 g/mol. The molecule has 1 heterocycles. The van der Waals surface area contributed by atoms with Gasteiger partial charge in [-0.1, -0.05) is 0 Å². The highest BCUT2D eigenvalue weighted by Crippen LogP contribution is 2.17. The molecular weight excluding hydrogens is 228 g/mol. The maximum absolute atomic E-state index is 13.5. The van der Waals surface area contributed by atoms with Crippen LogP contribution in [0.1, 0.15) is 16.1 Å². The first kappa shape index (κ1) is 11.3. The van der Waals surface area contributed by atoms with Crippen molar-refractivity contribution in [3.63, 3.8) is 0 Å². The first-order valence-corrected chi connectivity index (χ1v) is 4.80. The number of hydrogen-bond donors (Lipinski definition) is 1. The van der Waals surface area contributed by atoms with Gasteiger partial charge in [0.25, 0.3) is 5.91 Å². The van der Waals surface area contributed by atoms with E-state index in [9.17, 15) is 13.6 Å². The van der Waals surface area contributed by atoms with Crippen molar-refractivity contribution in [3.8, 4) is 5.69 Å². The van der Waals surface area contributed by atoms with Gasteiger partial charge in [0.1, 0.15) is 11.5 Å². The quantitative estimate of drug-likeness (QED) is 0.861. The lowest BCUT2D eigenvalue weighted by Gasteiger charge is -2.06. The molecule has 1 amide bonds. The molecule has 0 saturated heterocycles. The van der Waals surface area contributed by atoms with Crippen LogP contribution in [0.25, 0.3) is 5.69 Å². The number of benzene rings is 1. The average Bonchev–Trinajstić information content (AvgIpc) is 2.60. The summed E-state index contributed by atoms with van der Waals surface area (Å²) < 4.78 is 27.5. The van der Waals surface area contributed by atoms with Crippen LogP contribution in [-0.2, 0) is 0 Å². The highest BCUT2D eigenvalue weighted by molar-refractivity contribution is 5.93. The standard InChI is InChI=1S/C11H9F2N3O/c1-6-8(11(14)17)5-15-16(6)10-3-2-7(12)4-9(10)13/h2-5H,1H3,(H2,14,17). The number of nitrogens with zero attached hydrogens (tertiary/aromatic N) is 2. The third kappa shape index (κ3) is 1.89. The Bertz CT molecular complexity index is 592. The summed E-state index contributed by atoms with van der Waals surface area (Å²) in [7, 11) is 0. The summed E-state index contributed by atoms with van der Waals surface area (Å²) in [4.78, 5) is 11.0. The second kappa shape index (κ2) is 3.97. The topological polar surface area (TPSA) is 60.9 Å². The summed E-state index contributed by atoms with van der Waals surface area (Å²) in [5.74, 6) is -2.07. The normalized spacial score (nSPS) is 10.5. The third-order valence-corrected chi connectivity index (χ3v) is 2.41. The lowest BCUT2D eigenvalue weighted by atomic mass is 10.2. The van der Waals surface area contributed by atoms with Crippen LogP contribution in [0.15, 0.2) is 24.4 Å². The molecule has 0 bridgehead atoms. The fourth-order valence-electron chi connectivity index (χ4n) is 1.55. The maximum Gasteiger partial charge on any atom is 0.252 e. The van der Waals surface area contributed by atoms with Crippen LogP contribution in [0.5, 0.6) is 0 Å². The molecule has 88 valence electrons. The van der Waals surface area contributed by atoms with Gasteiger partial charge in [0, 0.05) is 6.07 Å². The molecule has 4 nitrogen and oxygen atoms in total. The molecule has 0 aliphatic rings. The van der Waals surface area contributed by atoms with Crippen LogP contribution in [0.4, 0.5) is 8.78 Å². The molecule has 2 aromatic rings. The van der Waals surface area contributed by atoms with Gasteiger partial charge >= 0.3 is 0 Å². The molecule has 0 saturated carbocycles. The zero-order valence-electron chi connectivity index (χ0n) is 8.95. The van der Waals surface area contributed by atoms with Crippen LogP contribution in [0.3, 0.4) is 0 Å². The molecule has 2 rings (SSSR count). The molecule has 1 aromatic heterocycles. The summed E-state index contributed by atoms with van der Waals surface area (Å²) in [6, 6.07) is 3.11. The molecule has 0 atom stereocenters. The van der Waals surface area contributed by atoms with E-state index in [1.807, 2.05) is 0 Å². The van der Waals surface area contributed by atoms with E-state index in [0.29, 0.717) is 5.69 Å². The molecule has 17 heavy (non-hydrogen) atoms. The van der Waals surface area contributed by atoms with Gasteiger partial charge < -0.3 is 5.73 Å². The highest BCUT2D eigenvalue weighted by Gasteiger charge is 2.14. The number of aromatic nitrogens is 2. The Kier molecular flexibility index (Phi) is 2.63. The largest absolute Gasteiger partial charge is 0.365 e. The minimum absolute atomic E-state index is 0.0661. The number of carbonyl (C=O) groups is 1. The van der Waals surface area contributed by atoms with E-state index in [4.69, 9.17) is 5.73 Å². The Hall–Kier alpha value is -2.24. The zero-order valence-corrected chi connectivity index (χ0v) is 8.95. The van der Waals surface area contributed by atoms with Crippen molar-refractivity contribution < 1.29 is 13.6 Å². The number of halogens is 2. The molecule has 0 aliphatic heterocycles. The lowest BCUT2D eigenvalue weighted by molar-refractivity contribution is 0.0999. The van der Waals surface area contributed by atoms with Crippen molar-refractivity contribution in [1.82, 2.24) is 9.78 Å². The van der Waals surface area contributed by atoms with Crippen LogP contribution >= 0.6 is 0 Å². The Morgan fingerprint density at radius 1 is 1.41 bits per heavy atom. The Balaban J connectivity index is 2.57. The van der Waals surface area contributed by atoms with Crippen molar-refractivity contribution in [2.24, 2.45) is 5.73 Å². The molecule has 0 aliphatic carbocycles. The van der Waals surface area contributed by atoms with E-state index in [-0.39, 0.29) is 11.3 Å². The SMILES string of the molecule is Cc1c(C(N)=O)cnn1-c1ccc(F)cc1F. The second-order valence-corrected chi connectivity index (χ2v) is 3.52. The molecule has 2 N–H and O–H groups in total. The Morgan fingerprint density at radius 2 is 2.12 bits per heavy atom. The summed E-state index contributed by atoms with van der Waals surface area (Å²) in [6.45, 7) is 1.58. The fourth-order valence-corrected chi connectivity index (χ4v) is 1.55. The first-order chi connectivity index (χ1) is 8.00. The van der Waals surface area contributed by atoms with Crippen molar-refractivity contribution in [2.45, 2.75) is 6.92 Å². The van der Waals surface area contributed by atoms with Gasteiger partial charge in [-0.15, -0.1) is 0 Å². The van der Waals surface area contributed by atoms with Crippen LogP contribution in [0, 0.1) is 18.6 Å². The van der Waals surface area contributed by atoms with Gasteiger partial charge in [-0.25, -0.2) is 13.5 Å². The lowest BCUT2D eigenvalue weighted by Crippen LogP contribution is -2.12. The number of hydrogen-bond acceptors (Lipinski definition) is 2. The zero-order chi connectivity index (χ0) is 12.6. The number of nitrogens with two attached hydrogens (primary N) is 1. The van der Waals surface area contributed by atoms with Gasteiger partial charge in [-0.2, -0.15) is 5.10 Å². The van der Waals surface area contributed by atoms with Crippen molar-refractivity contribution in [3.05, 3.63) is 47.3 Å². The van der Waals surface area contributed by atoms with E-state index >= 15 is 0 Å². The molecule has 0 fully saturated rings. The van der Waals surface area contributed by atoms with Gasteiger partial charge in [-0.05, 0) is 19.1 Å². The number of amides is 1. The maximum atomic E-state index is 13.5. The highest BCUT2D eigenvalue weighted by atomic mass is 19.1. The van der Waals surface area contributed by atoms with Gasteiger partial charge in [0.2, 0.25) is 0 Å². The minimum atomic E-state index is -0.757. The summed E-state index contributed by atoms with van der Waals surface area (Å²) >= 11 is 0. The predicted octanol–water partition coefficient (Wildman–Crippen LogP) is 1.56. The Labute approximate surface area is 95.7 Å². The van der Waals surface area contributed by atoms with Gasteiger partial charge in [0.15, 0.2) is 5.82 Å². The number of rotatable bonds is 2. The summed E-state index contributed by atoms with van der Waals surface area (Å²) in [5.41, 5.74) is 5.80. The third-order valence-electron chi connectivity index (χ3n) is 2.41. The van der Waals surface area contributed by atoms with E-state index in [2.05, 4.69) is 5.10 Å². The summed E-state index contributed by atoms with van der Waals surface area (Å²) in [6.07, 6.45) is 1.25. The Morgan fingerprint density at radius 3 is 2.65 bits per heavy atom. The van der Waals surface area contributed by atoms with Crippen molar-refractivity contribution in [1.29, 1.82) is 0 Å². The number of carbonyl (C=O) groups excluding carboxylic acids is 1. The van der Waals surface area contributed by atoms with Crippen molar-refractivity contribution >= 4 is 5.91 Å². The van der Waals surface area contributed by atoms with E-state index in [1.165, 1.54) is 16.9 Å². The molecule has 0 spiro atoms. The fraction of sp³-hybridized carbons (Fsp3) is 0.0909. The molecular formula is C11H9F2N3O. The molecule has 0 unspecified atom stereocenters. The average molecular weight is 237 g/mol. The first-order valence-electron chi connectivity index (χ1n) is 4.80. The summed E-state index contributed by atoms with van der Waals surface area (Å²) in [5, 5.41) is 3.85. The van der Waals surface area contributed by atoms with Crippen LogP contribution < -0.4 is 5.73 Å².